The minimum absolute atomic E-state index is 0.00325. The van der Waals surface area contributed by atoms with Crippen LogP contribution in [0.5, 0.6) is 0 Å². The summed E-state index contributed by atoms with van der Waals surface area (Å²) >= 11 is 4.20. The third-order valence-electron chi connectivity index (χ3n) is 3.25. The van der Waals surface area contributed by atoms with E-state index in [1.165, 1.54) is 12.8 Å². The molecule has 2 rings (SSSR count). The predicted octanol–water partition coefficient (Wildman–Crippen LogP) is 3.04. The van der Waals surface area contributed by atoms with Crippen molar-refractivity contribution in [1.29, 1.82) is 0 Å². The number of amides is 1. The van der Waals surface area contributed by atoms with E-state index in [0.717, 1.165) is 17.7 Å². The smallest absolute Gasteiger partial charge is 0.251 e. The van der Waals surface area contributed by atoms with Gasteiger partial charge in [0.15, 0.2) is 0 Å². The highest BCUT2D eigenvalue weighted by atomic mass is 32.1. The van der Waals surface area contributed by atoms with Crippen molar-refractivity contribution >= 4 is 18.5 Å². The molecule has 1 aromatic rings. The second-order valence-corrected chi connectivity index (χ2v) is 5.29. The molecule has 1 amide bonds. The Labute approximate surface area is 102 Å². The van der Waals surface area contributed by atoms with Gasteiger partial charge in [-0.05, 0) is 44.0 Å². The zero-order valence-electron chi connectivity index (χ0n) is 9.49. The van der Waals surface area contributed by atoms with Crippen molar-refractivity contribution in [3.63, 3.8) is 0 Å². The van der Waals surface area contributed by atoms with E-state index in [1.807, 2.05) is 24.3 Å². The number of thiol groups is 1. The van der Waals surface area contributed by atoms with E-state index in [2.05, 4.69) is 24.9 Å². The second-order valence-electron chi connectivity index (χ2n) is 4.77. The van der Waals surface area contributed by atoms with Gasteiger partial charge in [-0.3, -0.25) is 4.79 Å². The molecule has 1 fully saturated rings. The van der Waals surface area contributed by atoms with E-state index >= 15 is 0 Å². The fourth-order valence-corrected chi connectivity index (χ4v) is 2.39. The van der Waals surface area contributed by atoms with Crippen molar-refractivity contribution in [2.24, 2.45) is 0 Å². The molecule has 16 heavy (non-hydrogen) atoms. The van der Waals surface area contributed by atoms with Crippen molar-refractivity contribution < 1.29 is 4.79 Å². The van der Waals surface area contributed by atoms with Crippen LogP contribution in [0.15, 0.2) is 29.2 Å². The normalized spacial score (nSPS) is 18.4. The summed E-state index contributed by atoms with van der Waals surface area (Å²) in [5.74, 6) is 0.0257. The molecule has 0 radical (unpaired) electrons. The molecule has 0 heterocycles. The summed E-state index contributed by atoms with van der Waals surface area (Å²) in [6.45, 7) is 2.13. The number of nitrogens with one attached hydrogen (secondary N) is 1. The number of benzene rings is 1. The fourth-order valence-electron chi connectivity index (χ4n) is 2.24. The van der Waals surface area contributed by atoms with Gasteiger partial charge in [0, 0.05) is 16.0 Å². The molecule has 1 aromatic carbocycles. The summed E-state index contributed by atoms with van der Waals surface area (Å²) < 4.78 is 0. The largest absolute Gasteiger partial charge is 0.347 e. The van der Waals surface area contributed by atoms with Gasteiger partial charge in [0.05, 0.1) is 0 Å². The Kier molecular flexibility index (Phi) is 3.24. The van der Waals surface area contributed by atoms with Crippen LogP contribution >= 0.6 is 12.6 Å². The van der Waals surface area contributed by atoms with Crippen molar-refractivity contribution in [1.82, 2.24) is 5.32 Å². The van der Waals surface area contributed by atoms with Gasteiger partial charge in [-0.25, -0.2) is 0 Å². The van der Waals surface area contributed by atoms with E-state index in [-0.39, 0.29) is 11.4 Å². The molecule has 0 spiro atoms. The zero-order chi connectivity index (χ0) is 11.6. The van der Waals surface area contributed by atoms with E-state index in [0.29, 0.717) is 5.56 Å². The SMILES string of the molecule is CC1(NC(=O)c2ccc(S)cc2)CCCC1. The Balaban J connectivity index is 2.05. The Morgan fingerprint density at radius 2 is 1.81 bits per heavy atom. The monoisotopic (exact) mass is 235 g/mol. The minimum Gasteiger partial charge on any atom is -0.347 e. The molecule has 0 saturated heterocycles. The molecule has 0 unspecified atom stereocenters. The zero-order valence-corrected chi connectivity index (χ0v) is 10.4. The van der Waals surface area contributed by atoms with E-state index in [9.17, 15) is 4.79 Å². The maximum atomic E-state index is 12.0. The molecule has 1 aliphatic rings. The summed E-state index contributed by atoms with van der Waals surface area (Å²) in [7, 11) is 0. The van der Waals surface area contributed by atoms with Crippen LogP contribution in [0.1, 0.15) is 43.0 Å². The fraction of sp³-hybridized carbons (Fsp3) is 0.462. The van der Waals surface area contributed by atoms with Gasteiger partial charge < -0.3 is 5.32 Å². The first-order valence-corrected chi connectivity index (χ1v) is 6.15. The highest BCUT2D eigenvalue weighted by Crippen LogP contribution is 2.29. The minimum atomic E-state index is -0.00325. The molecule has 2 nitrogen and oxygen atoms in total. The molecular formula is C13H17NOS. The Morgan fingerprint density at radius 3 is 2.38 bits per heavy atom. The molecule has 0 aromatic heterocycles. The average Bonchev–Trinajstić information content (AvgIpc) is 2.65. The van der Waals surface area contributed by atoms with E-state index in [4.69, 9.17) is 0 Å². The quantitative estimate of drug-likeness (QED) is 0.758. The summed E-state index contributed by atoms with van der Waals surface area (Å²) in [5, 5.41) is 3.13. The average molecular weight is 235 g/mol. The van der Waals surface area contributed by atoms with Crippen LogP contribution in [0.3, 0.4) is 0 Å². The van der Waals surface area contributed by atoms with E-state index in [1.54, 1.807) is 0 Å². The van der Waals surface area contributed by atoms with E-state index < -0.39 is 0 Å². The molecule has 0 atom stereocenters. The third kappa shape index (κ3) is 2.59. The maximum absolute atomic E-state index is 12.0. The lowest BCUT2D eigenvalue weighted by Crippen LogP contribution is -2.43. The van der Waals surface area contributed by atoms with Crippen LogP contribution in [0.2, 0.25) is 0 Å². The molecule has 3 heteroatoms. The molecule has 1 saturated carbocycles. The van der Waals surface area contributed by atoms with Crippen molar-refractivity contribution in [3.05, 3.63) is 29.8 Å². The lowest BCUT2D eigenvalue weighted by Gasteiger charge is -2.25. The topological polar surface area (TPSA) is 29.1 Å². The van der Waals surface area contributed by atoms with Gasteiger partial charge in [0.1, 0.15) is 0 Å². The molecular weight excluding hydrogens is 218 g/mol. The Morgan fingerprint density at radius 1 is 1.25 bits per heavy atom. The van der Waals surface area contributed by atoms with Gasteiger partial charge >= 0.3 is 0 Å². The highest BCUT2D eigenvalue weighted by Gasteiger charge is 2.30. The van der Waals surface area contributed by atoms with Crippen LogP contribution in [-0.4, -0.2) is 11.4 Å². The van der Waals surface area contributed by atoms with Crippen molar-refractivity contribution in [2.75, 3.05) is 0 Å². The molecule has 1 aliphatic carbocycles. The first kappa shape index (κ1) is 11.5. The van der Waals surface area contributed by atoms with Crippen LogP contribution in [0.25, 0.3) is 0 Å². The van der Waals surface area contributed by atoms with Gasteiger partial charge in [0.25, 0.3) is 5.91 Å². The van der Waals surface area contributed by atoms with Gasteiger partial charge in [0.2, 0.25) is 0 Å². The van der Waals surface area contributed by atoms with Gasteiger partial charge in [-0.1, -0.05) is 12.8 Å². The molecule has 0 bridgehead atoms. The summed E-state index contributed by atoms with van der Waals surface area (Å²) in [4.78, 5) is 12.9. The summed E-state index contributed by atoms with van der Waals surface area (Å²) in [6, 6.07) is 7.32. The van der Waals surface area contributed by atoms with Crippen LogP contribution in [0, 0.1) is 0 Å². The third-order valence-corrected chi connectivity index (χ3v) is 3.55. The number of hydrogen-bond donors (Lipinski definition) is 2. The lowest BCUT2D eigenvalue weighted by atomic mass is 10.00. The number of carbonyl (C=O) groups excluding carboxylic acids is 1. The van der Waals surface area contributed by atoms with Gasteiger partial charge in [-0.15, -0.1) is 12.6 Å². The number of carbonyl (C=O) groups is 1. The summed E-state index contributed by atoms with van der Waals surface area (Å²) in [6.07, 6.45) is 4.60. The van der Waals surface area contributed by atoms with Crippen LogP contribution in [-0.2, 0) is 0 Å². The highest BCUT2D eigenvalue weighted by molar-refractivity contribution is 7.80. The molecule has 1 N–H and O–H groups in total. The van der Waals surface area contributed by atoms with Crippen molar-refractivity contribution in [2.45, 2.75) is 43.0 Å². The number of hydrogen-bond acceptors (Lipinski definition) is 2. The first-order valence-electron chi connectivity index (χ1n) is 5.71. The Hall–Kier alpha value is -0.960. The molecule has 0 aliphatic heterocycles. The van der Waals surface area contributed by atoms with Crippen LogP contribution < -0.4 is 5.32 Å². The second kappa shape index (κ2) is 4.50. The molecule has 86 valence electrons. The standard InChI is InChI=1S/C13H17NOS/c1-13(8-2-3-9-13)14-12(15)10-4-6-11(16)7-5-10/h4-7,16H,2-3,8-9H2,1H3,(H,14,15). The Bertz CT molecular complexity index is 379. The maximum Gasteiger partial charge on any atom is 0.251 e. The predicted molar refractivity (Wildman–Crippen MR) is 68.0 cm³/mol. The van der Waals surface area contributed by atoms with Crippen molar-refractivity contribution in [3.8, 4) is 0 Å². The van der Waals surface area contributed by atoms with Gasteiger partial charge in [-0.2, -0.15) is 0 Å². The first-order chi connectivity index (χ1) is 7.59. The summed E-state index contributed by atoms with van der Waals surface area (Å²) in [5.41, 5.74) is 0.711. The van der Waals surface area contributed by atoms with Crippen LogP contribution in [0.4, 0.5) is 0 Å². The lowest BCUT2D eigenvalue weighted by molar-refractivity contribution is 0.0908. The number of rotatable bonds is 2.